The highest BCUT2D eigenvalue weighted by atomic mass is 15.0. The van der Waals surface area contributed by atoms with Gasteiger partial charge in [0.2, 0.25) is 0 Å². The molecule has 1 N–H and O–H groups in total. The summed E-state index contributed by atoms with van der Waals surface area (Å²) in [6, 6.07) is 52.6. The molecule has 6 aromatic carbocycles. The number of aryl methyl sites for hydroxylation is 1. The largest absolute Gasteiger partial charge is 0.355 e. The van der Waals surface area contributed by atoms with Gasteiger partial charge in [0.15, 0.2) is 0 Å². The van der Waals surface area contributed by atoms with E-state index >= 15 is 0 Å². The summed E-state index contributed by atoms with van der Waals surface area (Å²) in [7, 11) is 0. The van der Waals surface area contributed by atoms with Gasteiger partial charge in [0.1, 0.15) is 0 Å². The van der Waals surface area contributed by atoms with Gasteiger partial charge in [-0.2, -0.15) is 0 Å². The molecule has 0 saturated carbocycles. The van der Waals surface area contributed by atoms with Crippen molar-refractivity contribution in [1.82, 2.24) is 4.57 Å². The molecular formula is C44H36N2. The molecule has 1 aromatic heterocycles. The topological polar surface area (TPSA) is 17.0 Å². The fraction of sp³-hybridized carbons (Fsp3) is 0.0909. The molecule has 2 heteroatoms. The molecule has 0 aliphatic heterocycles. The molecule has 1 unspecified atom stereocenters. The third-order valence-corrected chi connectivity index (χ3v) is 9.23. The van der Waals surface area contributed by atoms with Crippen molar-refractivity contribution in [2.75, 3.05) is 5.32 Å². The number of anilines is 2. The van der Waals surface area contributed by atoms with Gasteiger partial charge < -0.3 is 9.88 Å². The van der Waals surface area contributed by atoms with E-state index in [-0.39, 0.29) is 0 Å². The minimum atomic E-state index is 0.424. The van der Waals surface area contributed by atoms with Crippen molar-refractivity contribution < 1.29 is 0 Å². The molecule has 46 heavy (non-hydrogen) atoms. The Balaban J connectivity index is 1.27. The molecule has 222 valence electrons. The number of nitrogens with one attached hydrogen (secondary N) is 1. The van der Waals surface area contributed by atoms with Crippen LogP contribution in [0.15, 0.2) is 152 Å². The lowest BCUT2D eigenvalue weighted by atomic mass is 9.92. The molecule has 7 aromatic rings. The first-order valence-corrected chi connectivity index (χ1v) is 16.2. The third-order valence-electron chi connectivity index (χ3n) is 9.23. The minimum Gasteiger partial charge on any atom is -0.355 e. The van der Waals surface area contributed by atoms with E-state index in [4.69, 9.17) is 0 Å². The maximum atomic E-state index is 3.67. The van der Waals surface area contributed by atoms with Gasteiger partial charge in [0.05, 0.1) is 5.52 Å². The Morgan fingerprint density at radius 2 is 1.30 bits per heavy atom. The van der Waals surface area contributed by atoms with Crippen LogP contribution in [0.2, 0.25) is 0 Å². The Kier molecular flexibility index (Phi) is 7.11. The van der Waals surface area contributed by atoms with Crippen molar-refractivity contribution in [1.29, 1.82) is 0 Å². The first-order chi connectivity index (χ1) is 22.6. The maximum Gasteiger partial charge on any atom is 0.0538 e. The van der Waals surface area contributed by atoms with Crippen molar-refractivity contribution in [2.24, 2.45) is 0 Å². The Morgan fingerprint density at radius 1 is 0.609 bits per heavy atom. The Morgan fingerprint density at radius 3 is 2.13 bits per heavy atom. The monoisotopic (exact) mass is 592 g/mol. The number of hydrogen-bond acceptors (Lipinski definition) is 1. The summed E-state index contributed by atoms with van der Waals surface area (Å²) >= 11 is 0. The zero-order chi connectivity index (χ0) is 31.0. The number of fused-ring (bicyclic) bond motifs is 3. The zero-order valence-corrected chi connectivity index (χ0v) is 26.2. The van der Waals surface area contributed by atoms with Gasteiger partial charge in [-0.05, 0) is 89.7 Å². The standard InChI is InChI=1S/C44H36N2/c1-30-12-9-17-36(26-30)40-28-34(22-24-42(40)45-37-18-7-4-8-19-37)35-23-25-43-41(29-35)39-21-10-13-31(2)44(39)46(43)38-20-11-16-33(27-38)32-14-5-3-6-15-32/h3-12,14-29,31,45H,13H2,1-2H3. The van der Waals surface area contributed by atoms with Gasteiger partial charge in [0.25, 0.3) is 0 Å². The van der Waals surface area contributed by atoms with Gasteiger partial charge >= 0.3 is 0 Å². The normalized spacial score (nSPS) is 13.9. The molecule has 8 rings (SSSR count). The molecule has 0 spiro atoms. The summed E-state index contributed by atoms with van der Waals surface area (Å²) < 4.78 is 2.50. The second-order valence-corrected chi connectivity index (χ2v) is 12.4. The van der Waals surface area contributed by atoms with Crippen molar-refractivity contribution in [2.45, 2.75) is 26.2 Å². The number of benzene rings is 6. The van der Waals surface area contributed by atoms with E-state index < -0.39 is 0 Å². The second-order valence-electron chi connectivity index (χ2n) is 12.4. The number of aromatic nitrogens is 1. The van der Waals surface area contributed by atoms with Crippen LogP contribution in [0.25, 0.3) is 56.0 Å². The maximum absolute atomic E-state index is 3.67. The van der Waals surface area contributed by atoms with Gasteiger partial charge in [0, 0.05) is 45.2 Å². The molecule has 1 aliphatic rings. The van der Waals surface area contributed by atoms with Crippen molar-refractivity contribution in [3.8, 4) is 39.1 Å². The smallest absolute Gasteiger partial charge is 0.0538 e. The quantitative estimate of drug-likeness (QED) is 0.203. The molecule has 0 bridgehead atoms. The lowest BCUT2D eigenvalue weighted by Gasteiger charge is -2.20. The molecule has 0 amide bonds. The lowest BCUT2D eigenvalue weighted by Crippen LogP contribution is -2.07. The summed E-state index contributed by atoms with van der Waals surface area (Å²) in [4.78, 5) is 0. The Labute approximate surface area is 271 Å². The Bertz CT molecular complexity index is 2220. The van der Waals surface area contributed by atoms with E-state index in [9.17, 15) is 0 Å². The van der Waals surface area contributed by atoms with Gasteiger partial charge in [-0.15, -0.1) is 0 Å². The van der Waals surface area contributed by atoms with E-state index in [2.05, 4.69) is 175 Å². The Hall–Kier alpha value is -5.60. The summed E-state index contributed by atoms with van der Waals surface area (Å²) in [5, 5.41) is 4.97. The molecular weight excluding hydrogens is 556 g/mol. The summed E-state index contributed by atoms with van der Waals surface area (Å²) in [6.07, 6.45) is 5.72. The number of para-hydroxylation sites is 1. The van der Waals surface area contributed by atoms with E-state index in [0.29, 0.717) is 5.92 Å². The van der Waals surface area contributed by atoms with Crippen LogP contribution in [0.3, 0.4) is 0 Å². The summed E-state index contributed by atoms with van der Waals surface area (Å²) in [6.45, 7) is 4.51. The highest BCUT2D eigenvalue weighted by molar-refractivity contribution is 5.97. The molecule has 1 aliphatic carbocycles. The van der Waals surface area contributed by atoms with Gasteiger partial charge in [-0.1, -0.05) is 122 Å². The SMILES string of the molecule is Cc1cccc(-c2cc(-c3ccc4c(c3)c3c(n4-c4cccc(-c5ccccc5)c4)C(C)CC=C3)ccc2Nc2ccccc2)c1. The zero-order valence-electron chi connectivity index (χ0n) is 26.2. The number of allylic oxidation sites excluding steroid dienone is 1. The van der Waals surface area contributed by atoms with Crippen LogP contribution in [-0.4, -0.2) is 4.57 Å². The number of rotatable bonds is 6. The van der Waals surface area contributed by atoms with Crippen molar-refractivity contribution in [3.05, 3.63) is 168 Å². The van der Waals surface area contributed by atoms with Crippen molar-refractivity contribution >= 4 is 28.4 Å². The van der Waals surface area contributed by atoms with Crippen molar-refractivity contribution in [3.63, 3.8) is 0 Å². The van der Waals surface area contributed by atoms with E-state index in [1.165, 1.54) is 66.8 Å². The molecule has 1 atom stereocenters. The molecule has 2 nitrogen and oxygen atoms in total. The van der Waals surface area contributed by atoms with Gasteiger partial charge in [-0.25, -0.2) is 0 Å². The highest BCUT2D eigenvalue weighted by Crippen LogP contribution is 2.42. The first kappa shape index (κ1) is 27.9. The lowest BCUT2D eigenvalue weighted by molar-refractivity contribution is 0.723. The summed E-state index contributed by atoms with van der Waals surface area (Å²) in [5.41, 5.74) is 15.9. The van der Waals surface area contributed by atoms with E-state index in [1.54, 1.807) is 0 Å². The highest BCUT2D eigenvalue weighted by Gasteiger charge is 2.24. The van der Waals surface area contributed by atoms with E-state index in [0.717, 1.165) is 17.8 Å². The first-order valence-electron chi connectivity index (χ1n) is 16.2. The predicted molar refractivity (Wildman–Crippen MR) is 196 cm³/mol. The van der Waals surface area contributed by atoms with Crippen LogP contribution < -0.4 is 5.32 Å². The third kappa shape index (κ3) is 5.12. The number of hydrogen-bond donors (Lipinski definition) is 1. The van der Waals surface area contributed by atoms with Crippen LogP contribution in [-0.2, 0) is 0 Å². The van der Waals surface area contributed by atoms with Crippen LogP contribution >= 0.6 is 0 Å². The summed E-state index contributed by atoms with van der Waals surface area (Å²) in [5.74, 6) is 0.424. The fourth-order valence-electron chi connectivity index (χ4n) is 6.97. The molecule has 0 radical (unpaired) electrons. The fourth-order valence-corrected chi connectivity index (χ4v) is 6.97. The van der Waals surface area contributed by atoms with Crippen LogP contribution in [0, 0.1) is 6.92 Å². The minimum absolute atomic E-state index is 0.424. The molecule has 1 heterocycles. The van der Waals surface area contributed by atoms with Crippen LogP contribution in [0.4, 0.5) is 11.4 Å². The average Bonchev–Trinajstić information content (AvgIpc) is 3.44. The predicted octanol–water partition coefficient (Wildman–Crippen LogP) is 12.2. The molecule has 0 saturated heterocycles. The van der Waals surface area contributed by atoms with Crippen LogP contribution in [0.5, 0.6) is 0 Å². The van der Waals surface area contributed by atoms with Gasteiger partial charge in [-0.3, -0.25) is 0 Å². The number of nitrogens with zero attached hydrogens (tertiary/aromatic N) is 1. The molecule has 0 fully saturated rings. The van der Waals surface area contributed by atoms with E-state index in [1.807, 2.05) is 6.07 Å². The second kappa shape index (κ2) is 11.7. The van der Waals surface area contributed by atoms with Crippen LogP contribution in [0.1, 0.15) is 36.1 Å². The average molecular weight is 593 g/mol.